The van der Waals surface area contributed by atoms with E-state index in [0.29, 0.717) is 23.0 Å². The summed E-state index contributed by atoms with van der Waals surface area (Å²) in [6.07, 6.45) is 3.22. The molecule has 0 unspecified atom stereocenters. The number of H-pyrrole nitrogens is 1. The number of methoxy groups -OCH3 is 2. The predicted octanol–water partition coefficient (Wildman–Crippen LogP) is 4.30. The van der Waals surface area contributed by atoms with Gasteiger partial charge in [0.15, 0.2) is 0 Å². The van der Waals surface area contributed by atoms with E-state index in [-0.39, 0.29) is 5.78 Å². The zero-order chi connectivity index (χ0) is 18.5. The third-order valence-electron chi connectivity index (χ3n) is 4.02. The van der Waals surface area contributed by atoms with Gasteiger partial charge in [0.1, 0.15) is 23.0 Å². The number of aryl methyl sites for hydroxylation is 1. The van der Waals surface area contributed by atoms with Gasteiger partial charge in [-0.3, -0.25) is 4.79 Å². The van der Waals surface area contributed by atoms with Crippen LogP contribution in [0.1, 0.15) is 21.7 Å². The van der Waals surface area contributed by atoms with E-state index in [4.69, 9.17) is 9.47 Å². The summed E-state index contributed by atoms with van der Waals surface area (Å²) < 4.78 is 10.5. The van der Waals surface area contributed by atoms with Crippen LogP contribution in [0.3, 0.4) is 0 Å². The van der Waals surface area contributed by atoms with E-state index in [1.54, 1.807) is 26.4 Å². The fraction of sp³-hybridized carbons (Fsp3) is 0.143. The molecule has 0 aliphatic rings. The highest BCUT2D eigenvalue weighted by Gasteiger charge is 2.13. The van der Waals surface area contributed by atoms with E-state index in [1.165, 1.54) is 6.08 Å². The zero-order valence-electron chi connectivity index (χ0n) is 14.9. The van der Waals surface area contributed by atoms with Gasteiger partial charge in [-0.15, -0.1) is 0 Å². The van der Waals surface area contributed by atoms with Gasteiger partial charge in [0.2, 0.25) is 5.78 Å². The molecule has 3 aromatic rings. The number of ketones is 1. The third kappa shape index (κ3) is 3.67. The van der Waals surface area contributed by atoms with Crippen molar-refractivity contribution in [3.63, 3.8) is 0 Å². The molecule has 1 heterocycles. The molecule has 0 saturated heterocycles. The van der Waals surface area contributed by atoms with Crippen LogP contribution in [0.15, 0.2) is 54.6 Å². The Kier molecular flexibility index (Phi) is 5.17. The molecule has 0 radical (unpaired) electrons. The summed E-state index contributed by atoms with van der Waals surface area (Å²) in [6.45, 7) is 1.84. The summed E-state index contributed by atoms with van der Waals surface area (Å²) in [4.78, 5) is 20.2. The van der Waals surface area contributed by atoms with Crippen LogP contribution in [0.25, 0.3) is 17.5 Å². The lowest BCUT2D eigenvalue weighted by molar-refractivity contribution is 0.104. The first-order valence-electron chi connectivity index (χ1n) is 8.19. The molecular formula is C21H20N2O3. The molecule has 1 aromatic heterocycles. The average molecular weight is 348 g/mol. The van der Waals surface area contributed by atoms with Gasteiger partial charge in [0, 0.05) is 22.9 Å². The molecule has 0 saturated carbocycles. The lowest BCUT2D eigenvalue weighted by atomic mass is 10.1. The van der Waals surface area contributed by atoms with Crippen LogP contribution in [0, 0.1) is 6.92 Å². The number of nitrogens with zero attached hydrogens (tertiary/aromatic N) is 1. The van der Waals surface area contributed by atoms with Crippen molar-refractivity contribution in [2.45, 2.75) is 6.92 Å². The Bertz CT molecular complexity index is 943. The molecule has 3 rings (SSSR count). The van der Waals surface area contributed by atoms with Crippen LogP contribution < -0.4 is 9.47 Å². The number of aromatic nitrogens is 2. The number of carbonyl (C=O) groups is 1. The van der Waals surface area contributed by atoms with Crippen molar-refractivity contribution < 1.29 is 14.3 Å². The highest BCUT2D eigenvalue weighted by Crippen LogP contribution is 2.26. The van der Waals surface area contributed by atoms with Crippen molar-refractivity contribution >= 4 is 11.9 Å². The first-order chi connectivity index (χ1) is 12.6. The Morgan fingerprint density at radius 1 is 1.08 bits per heavy atom. The largest absolute Gasteiger partial charge is 0.497 e. The number of nitrogens with one attached hydrogen (secondary N) is 1. The number of carbonyl (C=O) groups excluding carboxylic acids is 1. The number of ether oxygens (including phenoxy) is 2. The van der Waals surface area contributed by atoms with Crippen molar-refractivity contribution in [3.05, 3.63) is 71.6 Å². The maximum Gasteiger partial charge on any atom is 0.206 e. The second-order valence-corrected chi connectivity index (χ2v) is 5.73. The third-order valence-corrected chi connectivity index (χ3v) is 4.02. The van der Waals surface area contributed by atoms with Gasteiger partial charge in [-0.25, -0.2) is 4.98 Å². The van der Waals surface area contributed by atoms with Gasteiger partial charge in [-0.1, -0.05) is 30.3 Å². The molecule has 1 N–H and O–H groups in total. The number of aromatic amines is 1. The molecule has 0 fully saturated rings. The monoisotopic (exact) mass is 348 g/mol. The fourth-order valence-electron chi connectivity index (χ4n) is 2.63. The van der Waals surface area contributed by atoms with Gasteiger partial charge in [-0.05, 0) is 31.2 Å². The molecular weight excluding hydrogens is 328 g/mol. The minimum Gasteiger partial charge on any atom is -0.497 e. The van der Waals surface area contributed by atoms with Gasteiger partial charge in [0.05, 0.1) is 14.2 Å². The minimum absolute atomic E-state index is 0.168. The van der Waals surface area contributed by atoms with Crippen LogP contribution in [0.2, 0.25) is 0 Å². The van der Waals surface area contributed by atoms with E-state index in [2.05, 4.69) is 9.97 Å². The van der Waals surface area contributed by atoms with Crippen LogP contribution in [0.4, 0.5) is 0 Å². The molecule has 132 valence electrons. The lowest BCUT2D eigenvalue weighted by Crippen LogP contribution is -1.97. The minimum atomic E-state index is -0.168. The molecule has 26 heavy (non-hydrogen) atoms. The summed E-state index contributed by atoms with van der Waals surface area (Å²) >= 11 is 0. The van der Waals surface area contributed by atoms with Crippen LogP contribution >= 0.6 is 0 Å². The van der Waals surface area contributed by atoms with Gasteiger partial charge >= 0.3 is 0 Å². The predicted molar refractivity (Wildman–Crippen MR) is 102 cm³/mol. The maximum absolute atomic E-state index is 12.6. The van der Waals surface area contributed by atoms with E-state index >= 15 is 0 Å². The second kappa shape index (κ2) is 7.70. The Morgan fingerprint density at radius 2 is 1.85 bits per heavy atom. The summed E-state index contributed by atoms with van der Waals surface area (Å²) in [5, 5.41) is 0. The standard InChI is InChI=1S/C21H20N2O3/c1-14-20(23-21(22-14)16-7-5-4-6-8-16)18(24)12-10-15-9-11-17(25-2)13-19(15)26-3/h4-13H,1-3H3,(H,22,23)/b12-10+. The normalized spacial score (nSPS) is 10.9. The van der Waals surface area contributed by atoms with Crippen molar-refractivity contribution in [3.8, 4) is 22.9 Å². The van der Waals surface area contributed by atoms with Crippen molar-refractivity contribution in [1.82, 2.24) is 9.97 Å². The lowest BCUT2D eigenvalue weighted by Gasteiger charge is -2.07. The van der Waals surface area contributed by atoms with Gasteiger partial charge < -0.3 is 14.5 Å². The highest BCUT2D eigenvalue weighted by atomic mass is 16.5. The van der Waals surface area contributed by atoms with Crippen molar-refractivity contribution in [2.75, 3.05) is 14.2 Å². The number of allylic oxidation sites excluding steroid dienone is 1. The van der Waals surface area contributed by atoms with Crippen LogP contribution in [0.5, 0.6) is 11.5 Å². The zero-order valence-corrected chi connectivity index (χ0v) is 14.9. The highest BCUT2D eigenvalue weighted by molar-refractivity contribution is 6.06. The number of imidazole rings is 1. The Hall–Kier alpha value is -3.34. The summed E-state index contributed by atoms with van der Waals surface area (Å²) in [6, 6.07) is 15.1. The molecule has 5 nitrogen and oxygen atoms in total. The maximum atomic E-state index is 12.6. The average Bonchev–Trinajstić information content (AvgIpc) is 3.08. The number of hydrogen-bond donors (Lipinski definition) is 1. The van der Waals surface area contributed by atoms with E-state index in [9.17, 15) is 4.79 Å². The second-order valence-electron chi connectivity index (χ2n) is 5.73. The summed E-state index contributed by atoms with van der Waals surface area (Å²) in [5.41, 5.74) is 2.88. The molecule has 2 aromatic carbocycles. The fourth-order valence-corrected chi connectivity index (χ4v) is 2.63. The number of hydrogen-bond acceptors (Lipinski definition) is 4. The molecule has 0 bridgehead atoms. The van der Waals surface area contributed by atoms with E-state index in [1.807, 2.05) is 49.4 Å². The molecule has 0 spiro atoms. The molecule has 0 atom stereocenters. The molecule has 0 aliphatic heterocycles. The molecule has 0 amide bonds. The van der Waals surface area contributed by atoms with Crippen molar-refractivity contribution in [1.29, 1.82) is 0 Å². The van der Waals surface area contributed by atoms with Gasteiger partial charge in [-0.2, -0.15) is 0 Å². The Labute approximate surface area is 152 Å². The summed E-state index contributed by atoms with van der Waals surface area (Å²) in [7, 11) is 3.18. The number of benzene rings is 2. The van der Waals surface area contributed by atoms with Crippen molar-refractivity contribution in [2.24, 2.45) is 0 Å². The van der Waals surface area contributed by atoms with Crippen LogP contribution in [-0.4, -0.2) is 30.0 Å². The summed E-state index contributed by atoms with van der Waals surface area (Å²) in [5.74, 6) is 1.85. The topological polar surface area (TPSA) is 64.2 Å². The Balaban J connectivity index is 1.85. The van der Waals surface area contributed by atoms with Crippen LogP contribution in [-0.2, 0) is 0 Å². The van der Waals surface area contributed by atoms with Gasteiger partial charge in [0.25, 0.3) is 0 Å². The van der Waals surface area contributed by atoms with E-state index in [0.717, 1.165) is 16.8 Å². The first kappa shape index (κ1) is 17.5. The Morgan fingerprint density at radius 3 is 2.54 bits per heavy atom. The number of rotatable bonds is 6. The molecule has 0 aliphatic carbocycles. The first-order valence-corrected chi connectivity index (χ1v) is 8.19. The molecule has 5 heteroatoms. The SMILES string of the molecule is COc1ccc(/C=C/C(=O)c2nc(-c3ccccc3)[nH]c2C)c(OC)c1. The van der Waals surface area contributed by atoms with E-state index < -0.39 is 0 Å². The quantitative estimate of drug-likeness (QED) is 0.533. The smallest absolute Gasteiger partial charge is 0.206 e.